The van der Waals surface area contributed by atoms with Gasteiger partial charge in [-0.05, 0) is 30.2 Å². The van der Waals surface area contributed by atoms with Gasteiger partial charge in [0.05, 0.1) is 22.7 Å². The molecule has 4 aromatic rings. The van der Waals surface area contributed by atoms with Gasteiger partial charge >= 0.3 is 0 Å². The molecule has 2 aromatic heterocycles. The predicted molar refractivity (Wildman–Crippen MR) is 119 cm³/mol. The molecule has 1 amide bonds. The van der Waals surface area contributed by atoms with E-state index in [-0.39, 0.29) is 24.8 Å². The lowest BCUT2D eigenvalue weighted by Crippen LogP contribution is -2.25. The van der Waals surface area contributed by atoms with Gasteiger partial charge in [0.15, 0.2) is 0 Å². The number of nitrogens with zero attached hydrogens (tertiary/aromatic N) is 4. The zero-order chi connectivity index (χ0) is 21.6. The SMILES string of the molecule is Cc1ccc(/C=C/c2ccc3sc(Cc4nnc(CC(=O)NCC#N)o4)nc3c2)cc1. The van der Waals surface area contributed by atoms with Gasteiger partial charge in [0, 0.05) is 0 Å². The van der Waals surface area contributed by atoms with Crippen molar-refractivity contribution in [3.8, 4) is 6.07 Å². The number of nitriles is 1. The van der Waals surface area contributed by atoms with Gasteiger partial charge in [0.1, 0.15) is 18.0 Å². The molecule has 2 heterocycles. The highest BCUT2D eigenvalue weighted by Gasteiger charge is 2.13. The molecule has 4 rings (SSSR count). The van der Waals surface area contributed by atoms with E-state index in [1.165, 1.54) is 5.56 Å². The smallest absolute Gasteiger partial charge is 0.230 e. The Morgan fingerprint density at radius 2 is 1.87 bits per heavy atom. The molecule has 0 aliphatic heterocycles. The van der Waals surface area contributed by atoms with Crippen LogP contribution >= 0.6 is 11.3 Å². The van der Waals surface area contributed by atoms with E-state index in [4.69, 9.17) is 9.68 Å². The number of aryl methyl sites for hydroxylation is 1. The van der Waals surface area contributed by atoms with E-state index >= 15 is 0 Å². The normalized spacial score (nSPS) is 11.1. The molecule has 0 saturated heterocycles. The Labute approximate surface area is 183 Å². The van der Waals surface area contributed by atoms with Gasteiger partial charge in [-0.15, -0.1) is 21.5 Å². The molecule has 0 aliphatic carbocycles. The molecule has 0 spiro atoms. The topological polar surface area (TPSA) is 105 Å². The largest absolute Gasteiger partial charge is 0.424 e. The molecule has 2 aromatic carbocycles. The quantitative estimate of drug-likeness (QED) is 0.352. The molecule has 0 unspecified atom stereocenters. The van der Waals surface area contributed by atoms with Crippen LogP contribution < -0.4 is 5.32 Å². The summed E-state index contributed by atoms with van der Waals surface area (Å²) < 4.78 is 6.62. The van der Waals surface area contributed by atoms with Crippen LogP contribution in [0.25, 0.3) is 22.4 Å². The van der Waals surface area contributed by atoms with Gasteiger partial charge in [-0.2, -0.15) is 5.26 Å². The summed E-state index contributed by atoms with van der Waals surface area (Å²) in [5.41, 5.74) is 4.39. The van der Waals surface area contributed by atoms with Crippen molar-refractivity contribution < 1.29 is 9.21 Å². The maximum Gasteiger partial charge on any atom is 0.230 e. The van der Waals surface area contributed by atoms with Crippen molar-refractivity contribution in [2.75, 3.05) is 6.54 Å². The third kappa shape index (κ3) is 5.41. The fraction of sp³-hybridized carbons (Fsp3) is 0.174. The van der Waals surface area contributed by atoms with E-state index < -0.39 is 0 Å². The Morgan fingerprint density at radius 1 is 1.13 bits per heavy atom. The summed E-state index contributed by atoms with van der Waals surface area (Å²) in [6, 6.07) is 16.4. The van der Waals surface area contributed by atoms with Gasteiger partial charge in [0.2, 0.25) is 17.7 Å². The third-order valence-electron chi connectivity index (χ3n) is 4.49. The fourth-order valence-electron chi connectivity index (χ4n) is 2.94. The first-order valence-electron chi connectivity index (χ1n) is 9.68. The third-order valence-corrected chi connectivity index (χ3v) is 5.53. The van der Waals surface area contributed by atoms with Gasteiger partial charge in [-0.25, -0.2) is 4.98 Å². The van der Waals surface area contributed by atoms with E-state index in [1.807, 2.05) is 6.07 Å². The number of aromatic nitrogens is 3. The second-order valence-electron chi connectivity index (χ2n) is 6.96. The number of rotatable bonds is 7. The summed E-state index contributed by atoms with van der Waals surface area (Å²) >= 11 is 1.57. The monoisotopic (exact) mass is 429 g/mol. The Balaban J connectivity index is 1.43. The minimum Gasteiger partial charge on any atom is -0.424 e. The molecule has 31 heavy (non-hydrogen) atoms. The number of hydrogen-bond acceptors (Lipinski definition) is 7. The Bertz CT molecular complexity index is 1280. The van der Waals surface area contributed by atoms with Crippen molar-refractivity contribution in [2.24, 2.45) is 0 Å². The lowest BCUT2D eigenvalue weighted by atomic mass is 10.1. The summed E-state index contributed by atoms with van der Waals surface area (Å²) in [6.45, 7) is 2.03. The maximum absolute atomic E-state index is 11.6. The molecule has 7 nitrogen and oxygen atoms in total. The first-order valence-corrected chi connectivity index (χ1v) is 10.5. The van der Waals surface area contributed by atoms with Crippen LogP contribution in [0.5, 0.6) is 0 Å². The summed E-state index contributed by atoms with van der Waals surface area (Å²) in [6.07, 6.45) is 4.51. The highest BCUT2D eigenvalue weighted by Crippen LogP contribution is 2.25. The minimum atomic E-state index is -0.331. The van der Waals surface area contributed by atoms with Gasteiger partial charge in [-0.1, -0.05) is 48.0 Å². The minimum absolute atomic E-state index is 0.0479. The molecule has 0 atom stereocenters. The number of hydrogen-bond donors (Lipinski definition) is 1. The molecule has 8 heteroatoms. The molecular weight excluding hydrogens is 410 g/mol. The van der Waals surface area contributed by atoms with E-state index in [2.05, 4.69) is 82.0 Å². The van der Waals surface area contributed by atoms with E-state index in [0.717, 1.165) is 26.4 Å². The Kier molecular flexibility index (Phi) is 6.15. The number of benzene rings is 2. The molecule has 0 fully saturated rings. The number of fused-ring (bicyclic) bond motifs is 1. The maximum atomic E-state index is 11.6. The van der Waals surface area contributed by atoms with Crippen LogP contribution in [0, 0.1) is 18.3 Å². The van der Waals surface area contributed by atoms with Crippen molar-refractivity contribution in [2.45, 2.75) is 19.8 Å². The average molecular weight is 430 g/mol. The number of amides is 1. The Morgan fingerprint density at radius 3 is 2.68 bits per heavy atom. The van der Waals surface area contributed by atoms with Gasteiger partial charge in [0.25, 0.3) is 0 Å². The summed E-state index contributed by atoms with van der Waals surface area (Å²) in [5, 5.41) is 19.7. The predicted octanol–water partition coefficient (Wildman–Crippen LogP) is 3.93. The molecule has 0 radical (unpaired) electrons. The first-order chi connectivity index (χ1) is 15.1. The van der Waals surface area contributed by atoms with E-state index in [1.54, 1.807) is 11.3 Å². The fourth-order valence-corrected chi connectivity index (χ4v) is 3.88. The second kappa shape index (κ2) is 9.32. The zero-order valence-corrected chi connectivity index (χ0v) is 17.6. The van der Waals surface area contributed by atoms with Crippen LogP contribution in [-0.2, 0) is 17.6 Å². The van der Waals surface area contributed by atoms with Gasteiger partial charge < -0.3 is 9.73 Å². The molecule has 154 valence electrons. The van der Waals surface area contributed by atoms with Crippen molar-refractivity contribution in [3.63, 3.8) is 0 Å². The highest BCUT2D eigenvalue weighted by molar-refractivity contribution is 7.18. The number of carbonyl (C=O) groups excluding carboxylic acids is 1. The average Bonchev–Trinajstić information content (AvgIpc) is 3.37. The van der Waals surface area contributed by atoms with E-state index in [0.29, 0.717) is 12.3 Å². The zero-order valence-electron chi connectivity index (χ0n) is 16.8. The van der Waals surface area contributed by atoms with Crippen LogP contribution in [0.2, 0.25) is 0 Å². The second-order valence-corrected chi connectivity index (χ2v) is 8.07. The number of nitrogens with one attached hydrogen (secondary N) is 1. The standard InChI is InChI=1S/C23H19N5O2S/c1-15-2-4-16(5-3-15)6-7-17-8-9-19-18(12-17)26-23(31-19)14-22-28-27-21(30-22)13-20(29)25-11-10-24/h2-9,12H,11,13-14H2,1H3,(H,25,29)/b7-6+. The molecule has 0 bridgehead atoms. The van der Waals surface area contributed by atoms with Crippen molar-refractivity contribution in [3.05, 3.63) is 75.9 Å². The van der Waals surface area contributed by atoms with Crippen molar-refractivity contribution in [1.29, 1.82) is 5.26 Å². The van der Waals surface area contributed by atoms with Crippen LogP contribution in [-0.4, -0.2) is 27.6 Å². The number of carbonyl (C=O) groups is 1. The lowest BCUT2D eigenvalue weighted by molar-refractivity contribution is -0.120. The number of thiazole rings is 1. The van der Waals surface area contributed by atoms with Crippen molar-refractivity contribution in [1.82, 2.24) is 20.5 Å². The van der Waals surface area contributed by atoms with Crippen LogP contribution in [0.3, 0.4) is 0 Å². The summed E-state index contributed by atoms with van der Waals surface area (Å²) in [5.74, 6) is 0.291. The molecule has 0 aliphatic rings. The molecular formula is C23H19N5O2S. The van der Waals surface area contributed by atoms with Crippen LogP contribution in [0.1, 0.15) is 33.5 Å². The summed E-state index contributed by atoms with van der Waals surface area (Å²) in [4.78, 5) is 16.3. The molecule has 1 N–H and O–H groups in total. The van der Waals surface area contributed by atoms with E-state index in [9.17, 15) is 4.79 Å². The highest BCUT2D eigenvalue weighted by atomic mass is 32.1. The lowest BCUT2D eigenvalue weighted by Gasteiger charge is -1.96. The molecule has 0 saturated carbocycles. The van der Waals surface area contributed by atoms with Crippen molar-refractivity contribution >= 4 is 39.6 Å². The van der Waals surface area contributed by atoms with Crippen LogP contribution in [0.4, 0.5) is 0 Å². The first kappa shape index (κ1) is 20.4. The van der Waals surface area contributed by atoms with Gasteiger partial charge in [-0.3, -0.25) is 4.79 Å². The Hall–Kier alpha value is -3.83. The van der Waals surface area contributed by atoms with Crippen LogP contribution in [0.15, 0.2) is 46.9 Å². The summed E-state index contributed by atoms with van der Waals surface area (Å²) in [7, 11) is 0.